The molecule has 0 aliphatic heterocycles. The van der Waals surface area contributed by atoms with Crippen LogP contribution >= 0.6 is 15.9 Å². The Bertz CT molecular complexity index is 768. The maximum Gasteiger partial charge on any atom is 0.212 e. The Labute approximate surface area is 130 Å². The molecule has 0 unspecified atom stereocenters. The summed E-state index contributed by atoms with van der Waals surface area (Å²) < 4.78 is 16.0. The Kier molecular flexibility index (Phi) is 3.75. The number of aromatic nitrogens is 2. The molecule has 3 nitrogen and oxygen atoms in total. The lowest BCUT2D eigenvalue weighted by molar-refractivity contribution is 0.622. The van der Waals surface area contributed by atoms with Crippen LogP contribution in [0.3, 0.4) is 0 Å². The quantitative estimate of drug-likeness (QED) is 0.736. The maximum atomic E-state index is 13.6. The molecule has 0 aliphatic rings. The number of aryl methyl sites for hydroxylation is 1. The van der Waals surface area contributed by atoms with Gasteiger partial charge in [-0.05, 0) is 53.2 Å². The largest absolute Gasteiger partial charge is 0.325 e. The summed E-state index contributed by atoms with van der Waals surface area (Å²) in [6.07, 6.45) is 1.94. The van der Waals surface area contributed by atoms with E-state index in [1.165, 1.54) is 6.07 Å². The zero-order valence-corrected chi connectivity index (χ0v) is 12.9. The molecule has 0 saturated heterocycles. The lowest BCUT2D eigenvalue weighted by Crippen LogP contribution is -2.01. The number of rotatable bonds is 3. The summed E-state index contributed by atoms with van der Waals surface area (Å²) in [5, 5.41) is 3.15. The summed E-state index contributed by atoms with van der Waals surface area (Å²) in [5.41, 5.74) is 2.54. The number of hydrogen-bond donors (Lipinski definition) is 1. The van der Waals surface area contributed by atoms with Gasteiger partial charge in [-0.25, -0.2) is 9.37 Å². The van der Waals surface area contributed by atoms with E-state index in [9.17, 15) is 4.39 Å². The highest BCUT2D eigenvalue weighted by Crippen LogP contribution is 2.24. The highest BCUT2D eigenvalue weighted by atomic mass is 79.9. The van der Waals surface area contributed by atoms with Gasteiger partial charge in [-0.2, -0.15) is 0 Å². The topological polar surface area (TPSA) is 29.9 Å². The van der Waals surface area contributed by atoms with E-state index < -0.39 is 0 Å². The summed E-state index contributed by atoms with van der Waals surface area (Å²) in [6, 6.07) is 14.8. The molecule has 0 aliphatic carbocycles. The van der Waals surface area contributed by atoms with Crippen LogP contribution in [0.4, 0.5) is 16.0 Å². The van der Waals surface area contributed by atoms with Gasteiger partial charge in [0.2, 0.25) is 5.95 Å². The Morgan fingerprint density at radius 1 is 1.14 bits per heavy atom. The average molecular weight is 346 g/mol. The first-order valence-corrected chi connectivity index (χ1v) is 7.26. The van der Waals surface area contributed by atoms with Crippen LogP contribution in [0.1, 0.15) is 5.69 Å². The second-order valence-corrected chi connectivity index (χ2v) is 5.52. The van der Waals surface area contributed by atoms with Crippen LogP contribution in [0.2, 0.25) is 0 Å². The first-order valence-electron chi connectivity index (χ1n) is 6.47. The minimum atomic E-state index is -0.311. The molecule has 3 aromatic rings. The molecule has 0 saturated carbocycles. The number of nitrogens with zero attached hydrogens (tertiary/aromatic N) is 2. The number of imidazole rings is 1. The first-order chi connectivity index (χ1) is 10.1. The number of nitrogens with one attached hydrogen (secondary N) is 1. The van der Waals surface area contributed by atoms with Gasteiger partial charge in [0.1, 0.15) is 5.82 Å². The van der Waals surface area contributed by atoms with Gasteiger partial charge in [0.15, 0.2) is 0 Å². The molecule has 3 rings (SSSR count). The van der Waals surface area contributed by atoms with Gasteiger partial charge in [0.05, 0.1) is 10.2 Å². The SMILES string of the molecule is Cc1cn(-c2ccccc2)c(Nc2ccc(Br)c(F)c2)n1. The molecule has 0 fully saturated rings. The summed E-state index contributed by atoms with van der Waals surface area (Å²) in [4.78, 5) is 4.45. The fraction of sp³-hybridized carbons (Fsp3) is 0.0625. The van der Waals surface area contributed by atoms with E-state index in [0.717, 1.165) is 11.4 Å². The number of para-hydroxylation sites is 1. The zero-order valence-electron chi connectivity index (χ0n) is 11.3. The zero-order chi connectivity index (χ0) is 14.8. The van der Waals surface area contributed by atoms with E-state index in [1.54, 1.807) is 12.1 Å². The fourth-order valence-corrected chi connectivity index (χ4v) is 2.32. The molecular weight excluding hydrogens is 333 g/mol. The third-order valence-corrected chi connectivity index (χ3v) is 3.68. The summed E-state index contributed by atoms with van der Waals surface area (Å²) in [7, 11) is 0. The van der Waals surface area contributed by atoms with Gasteiger partial charge in [-0.1, -0.05) is 18.2 Å². The number of halogens is 2. The van der Waals surface area contributed by atoms with E-state index in [0.29, 0.717) is 16.1 Å². The molecule has 0 atom stereocenters. The lowest BCUT2D eigenvalue weighted by Gasteiger charge is -2.10. The van der Waals surface area contributed by atoms with Crippen LogP contribution in [0.25, 0.3) is 5.69 Å². The Morgan fingerprint density at radius 2 is 1.90 bits per heavy atom. The molecule has 2 aromatic carbocycles. The molecular formula is C16H13BrFN3. The van der Waals surface area contributed by atoms with Crippen molar-refractivity contribution in [2.75, 3.05) is 5.32 Å². The van der Waals surface area contributed by atoms with E-state index in [1.807, 2.05) is 48.0 Å². The van der Waals surface area contributed by atoms with E-state index in [-0.39, 0.29) is 5.82 Å². The van der Waals surface area contributed by atoms with Crippen molar-refractivity contribution in [2.24, 2.45) is 0 Å². The van der Waals surface area contributed by atoms with Crippen LogP contribution in [0.15, 0.2) is 59.2 Å². The lowest BCUT2D eigenvalue weighted by atomic mass is 10.3. The van der Waals surface area contributed by atoms with Gasteiger partial charge in [0, 0.05) is 17.6 Å². The Balaban J connectivity index is 1.97. The normalized spacial score (nSPS) is 10.6. The molecule has 5 heteroatoms. The Morgan fingerprint density at radius 3 is 2.62 bits per heavy atom. The van der Waals surface area contributed by atoms with Crippen molar-refractivity contribution in [3.05, 3.63) is 70.7 Å². The Hall–Kier alpha value is -2.14. The summed E-state index contributed by atoms with van der Waals surface area (Å²) >= 11 is 3.15. The molecule has 1 heterocycles. The van der Waals surface area contributed by atoms with E-state index >= 15 is 0 Å². The van der Waals surface area contributed by atoms with Crippen LogP contribution in [0.5, 0.6) is 0 Å². The van der Waals surface area contributed by atoms with Crippen molar-refractivity contribution in [3.8, 4) is 5.69 Å². The molecule has 1 N–H and O–H groups in total. The van der Waals surface area contributed by atoms with Crippen LogP contribution in [0, 0.1) is 12.7 Å². The second-order valence-electron chi connectivity index (χ2n) is 4.67. The van der Waals surface area contributed by atoms with Crippen LogP contribution in [-0.2, 0) is 0 Å². The molecule has 0 radical (unpaired) electrons. The number of benzene rings is 2. The third-order valence-electron chi connectivity index (χ3n) is 3.04. The number of hydrogen-bond acceptors (Lipinski definition) is 2. The maximum absolute atomic E-state index is 13.6. The van der Waals surface area contributed by atoms with E-state index in [4.69, 9.17) is 0 Å². The summed E-state index contributed by atoms with van der Waals surface area (Å²) in [6.45, 7) is 1.92. The average Bonchev–Trinajstić information content (AvgIpc) is 2.85. The van der Waals surface area contributed by atoms with Gasteiger partial charge >= 0.3 is 0 Å². The van der Waals surface area contributed by atoms with Gasteiger partial charge < -0.3 is 5.32 Å². The molecule has 106 valence electrons. The predicted molar refractivity (Wildman–Crippen MR) is 85.7 cm³/mol. The minimum Gasteiger partial charge on any atom is -0.325 e. The minimum absolute atomic E-state index is 0.311. The van der Waals surface area contributed by atoms with Gasteiger partial charge in [0.25, 0.3) is 0 Å². The van der Waals surface area contributed by atoms with Crippen molar-refractivity contribution < 1.29 is 4.39 Å². The smallest absolute Gasteiger partial charge is 0.212 e. The van der Waals surface area contributed by atoms with Gasteiger partial charge in [-0.3, -0.25) is 4.57 Å². The molecule has 0 amide bonds. The molecule has 0 bridgehead atoms. The fourth-order valence-electron chi connectivity index (χ4n) is 2.07. The standard InChI is InChI=1S/C16H13BrFN3/c1-11-10-21(13-5-3-2-4-6-13)16(19-11)20-12-7-8-14(17)15(18)9-12/h2-10H,1H3,(H,19,20). The first kappa shape index (κ1) is 13.8. The predicted octanol–water partition coefficient (Wildman–Crippen LogP) is 4.83. The van der Waals surface area contributed by atoms with E-state index in [2.05, 4.69) is 26.2 Å². The summed E-state index contributed by atoms with van der Waals surface area (Å²) in [5.74, 6) is 0.343. The monoisotopic (exact) mass is 345 g/mol. The second kappa shape index (κ2) is 5.69. The molecule has 0 spiro atoms. The highest BCUT2D eigenvalue weighted by molar-refractivity contribution is 9.10. The van der Waals surface area contributed by atoms with Crippen molar-refractivity contribution in [2.45, 2.75) is 6.92 Å². The van der Waals surface area contributed by atoms with Crippen molar-refractivity contribution >= 4 is 27.6 Å². The van der Waals surface area contributed by atoms with Crippen molar-refractivity contribution in [3.63, 3.8) is 0 Å². The number of anilines is 2. The van der Waals surface area contributed by atoms with Crippen molar-refractivity contribution in [1.29, 1.82) is 0 Å². The molecule has 21 heavy (non-hydrogen) atoms. The van der Waals surface area contributed by atoms with Crippen LogP contribution < -0.4 is 5.32 Å². The third kappa shape index (κ3) is 2.97. The molecule has 1 aromatic heterocycles. The highest BCUT2D eigenvalue weighted by Gasteiger charge is 2.09. The van der Waals surface area contributed by atoms with Crippen LogP contribution in [-0.4, -0.2) is 9.55 Å². The van der Waals surface area contributed by atoms with Gasteiger partial charge in [-0.15, -0.1) is 0 Å². The van der Waals surface area contributed by atoms with Crippen molar-refractivity contribution in [1.82, 2.24) is 9.55 Å².